The molecule has 3 heterocycles. The van der Waals surface area contributed by atoms with Crippen molar-refractivity contribution in [3.05, 3.63) is 63.1 Å². The van der Waals surface area contributed by atoms with E-state index in [0.29, 0.717) is 37.1 Å². The summed E-state index contributed by atoms with van der Waals surface area (Å²) >= 11 is 0. The Balaban J connectivity index is 1.71. The van der Waals surface area contributed by atoms with Gasteiger partial charge in [0.1, 0.15) is 17.2 Å². The van der Waals surface area contributed by atoms with Gasteiger partial charge in [-0.3, -0.25) is 19.4 Å². The van der Waals surface area contributed by atoms with Crippen LogP contribution in [0.3, 0.4) is 0 Å². The van der Waals surface area contributed by atoms with E-state index in [1.165, 1.54) is 16.8 Å². The molecule has 1 atom stereocenters. The summed E-state index contributed by atoms with van der Waals surface area (Å²) in [6, 6.07) is 2.90. The summed E-state index contributed by atoms with van der Waals surface area (Å²) in [5, 5.41) is 0.671. The van der Waals surface area contributed by atoms with Crippen molar-refractivity contribution in [1.82, 2.24) is 14.5 Å². The number of carbonyl (C=O) groups excluding carboxylic acids is 2. The van der Waals surface area contributed by atoms with E-state index in [0.717, 1.165) is 12.5 Å². The van der Waals surface area contributed by atoms with E-state index >= 15 is 0 Å². The molecular formula is C23H26F2N4O5. The molecule has 182 valence electrons. The van der Waals surface area contributed by atoms with Gasteiger partial charge in [-0.25, -0.2) is 14.6 Å². The average molecular weight is 476 g/mol. The van der Waals surface area contributed by atoms with Crippen LogP contribution >= 0.6 is 0 Å². The Hall–Kier alpha value is -3.31. The van der Waals surface area contributed by atoms with E-state index in [9.17, 15) is 23.2 Å². The Kier molecular flexibility index (Phi) is 6.94. The first-order chi connectivity index (χ1) is 16.3. The number of unbranched alkanes of at least 4 members (excludes halogenated alkanes) is 1. The van der Waals surface area contributed by atoms with E-state index in [-0.39, 0.29) is 35.7 Å². The number of pyridine rings is 1. The van der Waals surface area contributed by atoms with Crippen molar-refractivity contribution >= 4 is 11.8 Å². The zero-order chi connectivity index (χ0) is 24.4. The van der Waals surface area contributed by atoms with Crippen LogP contribution in [-0.2, 0) is 17.8 Å². The minimum absolute atomic E-state index is 0.0174. The van der Waals surface area contributed by atoms with Gasteiger partial charge in [0.2, 0.25) is 5.43 Å². The van der Waals surface area contributed by atoms with E-state index in [1.807, 2.05) is 6.92 Å². The molecule has 1 aromatic carbocycles. The maximum absolute atomic E-state index is 14.0. The maximum atomic E-state index is 14.0. The molecule has 0 aliphatic carbocycles. The van der Waals surface area contributed by atoms with Crippen molar-refractivity contribution in [3.63, 3.8) is 0 Å². The summed E-state index contributed by atoms with van der Waals surface area (Å²) in [5.41, 5.74) is -1.05. The van der Waals surface area contributed by atoms with Crippen LogP contribution in [0, 0.1) is 11.6 Å². The second-order valence-corrected chi connectivity index (χ2v) is 8.25. The molecule has 4 rings (SSSR count). The molecule has 1 aromatic heterocycles. The zero-order valence-corrected chi connectivity index (χ0v) is 18.8. The van der Waals surface area contributed by atoms with Gasteiger partial charge in [-0.2, -0.15) is 0 Å². The molecule has 1 saturated heterocycles. The molecule has 9 nitrogen and oxygen atoms in total. The Morgan fingerprint density at radius 2 is 2.12 bits per heavy atom. The van der Waals surface area contributed by atoms with Crippen LogP contribution in [0.4, 0.5) is 8.78 Å². The van der Waals surface area contributed by atoms with E-state index in [1.54, 1.807) is 4.90 Å². The second-order valence-electron chi connectivity index (χ2n) is 8.25. The lowest BCUT2D eigenvalue weighted by molar-refractivity contribution is -0.0920. The van der Waals surface area contributed by atoms with Crippen molar-refractivity contribution in [2.45, 2.75) is 45.5 Å². The van der Waals surface area contributed by atoms with Crippen LogP contribution in [0.1, 0.15) is 52.6 Å². The van der Waals surface area contributed by atoms with E-state index in [4.69, 9.17) is 15.3 Å². The fourth-order valence-corrected chi connectivity index (χ4v) is 4.04. The summed E-state index contributed by atoms with van der Waals surface area (Å²) in [4.78, 5) is 41.1. The monoisotopic (exact) mass is 476 g/mol. The van der Waals surface area contributed by atoms with Crippen LogP contribution in [0.25, 0.3) is 0 Å². The number of benzene rings is 1. The van der Waals surface area contributed by atoms with Gasteiger partial charge < -0.3 is 18.9 Å². The number of nitrogens with zero attached hydrogens (tertiary/aromatic N) is 3. The largest absolute Gasteiger partial charge is 0.487 e. The highest BCUT2D eigenvalue weighted by Crippen LogP contribution is 2.27. The first-order valence-corrected chi connectivity index (χ1v) is 11.1. The first kappa shape index (κ1) is 23.8. The number of ether oxygens (including phenoxy) is 2. The quantitative estimate of drug-likeness (QED) is 0.284. The lowest BCUT2D eigenvalue weighted by Crippen LogP contribution is -2.53. The van der Waals surface area contributed by atoms with E-state index < -0.39 is 41.7 Å². The maximum Gasteiger partial charge on any atom is 0.276 e. The second kappa shape index (κ2) is 9.90. The van der Waals surface area contributed by atoms with Crippen LogP contribution < -0.4 is 16.0 Å². The van der Waals surface area contributed by atoms with Crippen LogP contribution in [0.5, 0.6) is 5.75 Å². The molecule has 0 saturated carbocycles. The van der Waals surface area contributed by atoms with Gasteiger partial charge in [-0.1, -0.05) is 19.4 Å². The van der Waals surface area contributed by atoms with Crippen molar-refractivity contribution in [2.24, 2.45) is 5.84 Å². The summed E-state index contributed by atoms with van der Waals surface area (Å²) < 4.78 is 40.1. The highest BCUT2D eigenvalue weighted by Gasteiger charge is 2.39. The van der Waals surface area contributed by atoms with E-state index in [2.05, 4.69) is 0 Å². The SMILES string of the molecule is CCCCOc1c2n(cc(C(=O)N(N)Cc3ccc(F)cc3F)c1=O)CC1OCCCN1C2=O. The number of fused-ring (bicyclic) bond motifs is 2. The molecule has 2 aliphatic heterocycles. The summed E-state index contributed by atoms with van der Waals surface area (Å²) in [5.74, 6) is 2.74. The van der Waals surface area contributed by atoms with Crippen molar-refractivity contribution < 1.29 is 27.8 Å². The molecule has 34 heavy (non-hydrogen) atoms. The fraction of sp³-hybridized carbons (Fsp3) is 0.435. The van der Waals surface area contributed by atoms with Crippen LogP contribution in [0.2, 0.25) is 0 Å². The van der Waals surface area contributed by atoms with Gasteiger partial charge >= 0.3 is 0 Å². The number of halogens is 2. The van der Waals surface area contributed by atoms with Crippen LogP contribution in [-0.4, -0.2) is 52.3 Å². The molecule has 0 bridgehead atoms. The minimum atomic E-state index is -0.885. The lowest BCUT2D eigenvalue weighted by atomic mass is 10.1. The number of hydrogen-bond acceptors (Lipinski definition) is 6. The van der Waals surface area contributed by atoms with Crippen molar-refractivity contribution in [1.29, 1.82) is 0 Å². The molecule has 0 spiro atoms. The number of amides is 2. The van der Waals surface area contributed by atoms with Crippen molar-refractivity contribution in [2.75, 3.05) is 19.8 Å². The first-order valence-electron chi connectivity index (χ1n) is 11.1. The Morgan fingerprint density at radius 1 is 1.32 bits per heavy atom. The number of rotatable bonds is 7. The zero-order valence-electron chi connectivity index (χ0n) is 18.8. The number of hydrazine groups is 1. The number of hydrogen-bond donors (Lipinski definition) is 1. The Bertz CT molecular complexity index is 1170. The average Bonchev–Trinajstić information content (AvgIpc) is 2.82. The van der Waals surface area contributed by atoms with Gasteiger partial charge in [0.25, 0.3) is 11.8 Å². The van der Waals surface area contributed by atoms with Gasteiger partial charge in [0.15, 0.2) is 17.7 Å². The number of aromatic nitrogens is 1. The third-order valence-electron chi connectivity index (χ3n) is 5.85. The highest BCUT2D eigenvalue weighted by molar-refractivity contribution is 5.99. The fourth-order valence-electron chi connectivity index (χ4n) is 4.04. The third-order valence-corrected chi connectivity index (χ3v) is 5.85. The molecule has 1 fully saturated rings. The summed E-state index contributed by atoms with van der Waals surface area (Å²) in [6.07, 6.45) is 2.87. The van der Waals surface area contributed by atoms with Gasteiger partial charge in [-0.15, -0.1) is 0 Å². The summed E-state index contributed by atoms with van der Waals surface area (Å²) in [7, 11) is 0. The van der Waals surface area contributed by atoms with Crippen LogP contribution in [0.15, 0.2) is 29.2 Å². The minimum Gasteiger partial charge on any atom is -0.487 e. The Morgan fingerprint density at radius 3 is 2.85 bits per heavy atom. The predicted molar refractivity (Wildman–Crippen MR) is 117 cm³/mol. The summed E-state index contributed by atoms with van der Waals surface area (Å²) in [6.45, 7) is 2.95. The van der Waals surface area contributed by atoms with Gasteiger partial charge in [0.05, 0.1) is 26.3 Å². The molecule has 2 N–H and O–H groups in total. The normalized spacial score (nSPS) is 17.2. The number of nitrogens with two attached hydrogens (primary N) is 1. The molecule has 2 amide bonds. The molecule has 1 unspecified atom stereocenters. The topological polar surface area (TPSA) is 107 Å². The smallest absolute Gasteiger partial charge is 0.276 e. The third kappa shape index (κ3) is 4.53. The molecule has 2 aliphatic rings. The molecule has 11 heteroatoms. The van der Waals surface area contributed by atoms with Gasteiger partial charge in [-0.05, 0) is 18.9 Å². The standard InChI is InChI=1S/C23H26F2N4O5/c1-2-3-8-34-21-19-23(32)28-7-4-9-33-18(28)13-27(19)12-16(20(21)30)22(31)29(26)11-14-5-6-15(24)10-17(14)25/h5-6,10,12,18H,2-4,7-9,11,13,26H2,1H3. The molecule has 0 radical (unpaired) electrons. The number of carbonyl (C=O) groups is 2. The van der Waals surface area contributed by atoms with Crippen molar-refractivity contribution in [3.8, 4) is 5.75 Å². The highest BCUT2D eigenvalue weighted by atomic mass is 19.1. The molecule has 2 aromatic rings. The predicted octanol–water partition coefficient (Wildman–Crippen LogP) is 2.02. The molecular weight excluding hydrogens is 450 g/mol. The lowest BCUT2D eigenvalue weighted by Gasteiger charge is -2.40. The Labute approximate surface area is 194 Å². The van der Waals surface area contributed by atoms with Gasteiger partial charge in [0, 0.05) is 24.4 Å².